The summed E-state index contributed by atoms with van der Waals surface area (Å²) in [5.41, 5.74) is 1.13. The van der Waals surface area contributed by atoms with E-state index in [9.17, 15) is 39.5 Å². The van der Waals surface area contributed by atoms with E-state index in [0.717, 1.165) is 30.4 Å². The third kappa shape index (κ3) is 14.8. The summed E-state index contributed by atoms with van der Waals surface area (Å²) in [7, 11) is 0. The molecule has 0 aromatic carbocycles. The molecule has 0 radical (unpaired) electrons. The molecule has 3 heterocycles. The van der Waals surface area contributed by atoms with E-state index in [-0.39, 0.29) is 6.04 Å². The molecule has 0 bridgehead atoms. The van der Waals surface area contributed by atoms with E-state index < -0.39 is 36.4 Å². The third-order valence-electron chi connectivity index (χ3n) is 5.61. The Kier molecular flexibility index (Phi) is 14.9. The molecule has 1 unspecified atom stereocenters. The quantitative estimate of drug-likeness (QED) is 0.333. The van der Waals surface area contributed by atoms with Crippen LogP contribution in [0.4, 0.5) is 45.3 Å². The zero-order valence-corrected chi connectivity index (χ0v) is 22.7. The number of hydrogen-bond donors (Lipinski definition) is 4. The van der Waals surface area contributed by atoms with Crippen molar-refractivity contribution >= 4 is 23.7 Å². The van der Waals surface area contributed by atoms with Crippen LogP contribution in [0.1, 0.15) is 36.7 Å². The average Bonchev–Trinajstić information content (AvgIpc) is 2.91. The molecule has 2 fully saturated rings. The van der Waals surface area contributed by atoms with Crippen molar-refractivity contribution in [3.8, 4) is 0 Å². The summed E-state index contributed by atoms with van der Waals surface area (Å²) in [6.07, 6.45) is -5.86. The van der Waals surface area contributed by atoms with Gasteiger partial charge in [0, 0.05) is 37.7 Å². The molecular weight excluding hydrogens is 641 g/mol. The number of nitrogens with one attached hydrogen (secondary N) is 1. The molecule has 21 heteroatoms. The summed E-state index contributed by atoms with van der Waals surface area (Å²) in [6.45, 7) is 3.18. The van der Waals surface area contributed by atoms with Crippen LogP contribution in [0.25, 0.3) is 0 Å². The topological polar surface area (TPSA) is 175 Å². The van der Waals surface area contributed by atoms with Crippen LogP contribution in [0.2, 0.25) is 0 Å². The third-order valence-corrected chi connectivity index (χ3v) is 5.61. The van der Waals surface area contributed by atoms with Gasteiger partial charge in [0.2, 0.25) is 0 Å². The van der Waals surface area contributed by atoms with Gasteiger partial charge in [-0.15, -0.1) is 0 Å². The van der Waals surface area contributed by atoms with E-state index in [0.29, 0.717) is 19.2 Å². The van der Waals surface area contributed by atoms with E-state index in [1.807, 2.05) is 24.5 Å². The number of aromatic nitrogens is 3. The minimum Gasteiger partial charge on any atom is -0.475 e. The number of nitrogens with zero attached hydrogens (tertiary/aromatic N) is 4. The first kappa shape index (κ1) is 38.8. The second kappa shape index (κ2) is 17.3. The summed E-state index contributed by atoms with van der Waals surface area (Å²) in [4.78, 5) is 42.6. The molecule has 1 aliphatic heterocycles. The zero-order chi connectivity index (χ0) is 34.4. The van der Waals surface area contributed by atoms with Gasteiger partial charge in [0.25, 0.3) is 0 Å². The molecule has 1 atom stereocenters. The Morgan fingerprint density at radius 2 is 1.42 bits per heavy atom. The van der Waals surface area contributed by atoms with Crippen LogP contribution in [-0.2, 0) is 25.7 Å². The largest absolute Gasteiger partial charge is 0.490 e. The van der Waals surface area contributed by atoms with Crippen LogP contribution in [0.15, 0.2) is 36.8 Å². The molecule has 45 heavy (non-hydrogen) atoms. The maximum atomic E-state index is 10.6. The van der Waals surface area contributed by atoms with E-state index in [1.54, 1.807) is 6.20 Å². The van der Waals surface area contributed by atoms with Gasteiger partial charge >= 0.3 is 36.4 Å². The number of aliphatic carboxylic acids is 3. The summed E-state index contributed by atoms with van der Waals surface area (Å²) >= 11 is 0. The minimum atomic E-state index is -5.08. The number of carboxylic acid groups (broad SMARTS) is 3. The van der Waals surface area contributed by atoms with Gasteiger partial charge in [0.1, 0.15) is 11.6 Å². The average molecular weight is 667 g/mol. The van der Waals surface area contributed by atoms with Gasteiger partial charge < -0.3 is 25.4 Å². The summed E-state index contributed by atoms with van der Waals surface area (Å²) in [5, 5.41) is 24.7. The van der Waals surface area contributed by atoms with Crippen LogP contribution in [0.3, 0.4) is 0 Å². The highest BCUT2D eigenvalue weighted by molar-refractivity contribution is 5.73. The number of carbonyl (C=O) groups is 3. The van der Waals surface area contributed by atoms with Crippen molar-refractivity contribution in [2.24, 2.45) is 0 Å². The number of morpholine rings is 1. The number of alkyl halides is 9. The van der Waals surface area contributed by atoms with Gasteiger partial charge in [-0.3, -0.25) is 9.88 Å². The number of hydrogen-bond acceptors (Lipinski definition) is 9. The maximum absolute atomic E-state index is 10.6. The van der Waals surface area contributed by atoms with Gasteiger partial charge in [0.05, 0.1) is 19.3 Å². The minimum absolute atomic E-state index is 0.171. The molecule has 1 saturated carbocycles. The van der Waals surface area contributed by atoms with Crippen molar-refractivity contribution in [1.29, 1.82) is 0 Å². The molecule has 12 nitrogen and oxygen atoms in total. The maximum Gasteiger partial charge on any atom is 0.490 e. The Hall–Kier alpha value is -4.27. The number of anilines is 1. The Balaban J connectivity index is 0.000000396. The first-order valence-electron chi connectivity index (χ1n) is 12.4. The van der Waals surface area contributed by atoms with Crippen LogP contribution >= 0.6 is 0 Å². The normalized spacial score (nSPS) is 17.0. The Bertz CT molecular complexity index is 1170. The van der Waals surface area contributed by atoms with Gasteiger partial charge in [-0.25, -0.2) is 24.4 Å². The van der Waals surface area contributed by atoms with Crippen molar-refractivity contribution in [3.05, 3.63) is 48.2 Å². The summed E-state index contributed by atoms with van der Waals surface area (Å²) < 4.78 is 101. The fourth-order valence-corrected chi connectivity index (χ4v) is 3.32. The lowest BCUT2D eigenvalue weighted by atomic mass is 9.90. The number of pyridine rings is 1. The van der Waals surface area contributed by atoms with E-state index in [4.69, 9.17) is 39.4 Å². The van der Waals surface area contributed by atoms with Gasteiger partial charge in [-0.05, 0) is 30.5 Å². The van der Waals surface area contributed by atoms with Crippen LogP contribution in [-0.4, -0.2) is 97.4 Å². The lowest BCUT2D eigenvalue weighted by Gasteiger charge is -2.44. The summed E-state index contributed by atoms with van der Waals surface area (Å²) in [6, 6.07) is 6.75. The van der Waals surface area contributed by atoms with Gasteiger partial charge in [-0.1, -0.05) is 12.5 Å². The molecular formula is C24H26F9N5O7. The first-order chi connectivity index (χ1) is 20.7. The molecule has 1 saturated heterocycles. The molecule has 2 aliphatic rings. The molecule has 252 valence electrons. The first-order valence-corrected chi connectivity index (χ1v) is 12.4. The number of carboxylic acids is 3. The van der Waals surface area contributed by atoms with Crippen molar-refractivity contribution in [2.75, 3.05) is 25.1 Å². The molecule has 4 rings (SSSR count). The Labute approximate surface area is 247 Å². The van der Waals surface area contributed by atoms with E-state index in [1.165, 1.54) is 19.3 Å². The number of ether oxygens (including phenoxy) is 1. The molecule has 2 aromatic heterocycles. The number of halogens is 9. The monoisotopic (exact) mass is 667 g/mol. The van der Waals surface area contributed by atoms with Crippen molar-refractivity contribution < 1.29 is 74.0 Å². The molecule has 2 aromatic rings. The highest BCUT2D eigenvalue weighted by atomic mass is 19.4. The smallest absolute Gasteiger partial charge is 0.475 e. The molecule has 0 spiro atoms. The zero-order valence-electron chi connectivity index (χ0n) is 22.7. The van der Waals surface area contributed by atoms with Crippen LogP contribution in [0, 0.1) is 0 Å². The molecule has 0 amide bonds. The Morgan fingerprint density at radius 1 is 0.889 bits per heavy atom. The predicted octanol–water partition coefficient (Wildman–Crippen LogP) is 4.31. The van der Waals surface area contributed by atoms with Gasteiger partial charge in [0.15, 0.2) is 0 Å². The fraction of sp³-hybridized carbons (Fsp3) is 0.500. The van der Waals surface area contributed by atoms with Crippen molar-refractivity contribution in [3.63, 3.8) is 0 Å². The highest BCUT2D eigenvalue weighted by Crippen LogP contribution is 2.33. The van der Waals surface area contributed by atoms with Crippen LogP contribution < -0.4 is 5.32 Å². The Morgan fingerprint density at radius 3 is 1.84 bits per heavy atom. The lowest BCUT2D eigenvalue weighted by molar-refractivity contribution is -0.193. The van der Waals surface area contributed by atoms with E-state index >= 15 is 0 Å². The molecule has 1 aliphatic carbocycles. The second-order valence-corrected chi connectivity index (χ2v) is 8.84. The lowest BCUT2D eigenvalue weighted by Crippen LogP contribution is -2.49. The SMILES string of the molecule is O=C(O)C(F)(F)F.O=C(O)C(F)(F)F.O=C(O)C(F)(F)F.c1cncc(CNc2ccnc(C3COCCN3C3CCC3)n2)c1. The summed E-state index contributed by atoms with van der Waals surface area (Å²) in [5.74, 6) is -6.56. The van der Waals surface area contributed by atoms with E-state index in [2.05, 4.69) is 26.3 Å². The van der Waals surface area contributed by atoms with Gasteiger partial charge in [-0.2, -0.15) is 39.5 Å². The second-order valence-electron chi connectivity index (χ2n) is 8.84. The number of rotatable bonds is 5. The standard InChI is InChI=1S/C18H23N5O.3C2HF3O2/c1-4-15(5-1)23-9-10-24-13-16(23)18-20-8-6-17(22-18)21-12-14-3-2-7-19-11-14;3*3-2(4,5)1(6)7/h2-3,6-8,11,15-16H,1,4-5,9-10,12-13H2,(H,20,21,22);3*(H,6,7). The van der Waals surface area contributed by atoms with Crippen molar-refractivity contribution in [2.45, 2.75) is 56.4 Å². The molecule has 4 N–H and O–H groups in total. The van der Waals surface area contributed by atoms with Crippen LogP contribution in [0.5, 0.6) is 0 Å². The fourth-order valence-electron chi connectivity index (χ4n) is 3.32. The predicted molar refractivity (Wildman–Crippen MR) is 133 cm³/mol. The van der Waals surface area contributed by atoms with Crippen molar-refractivity contribution in [1.82, 2.24) is 19.9 Å². The highest BCUT2D eigenvalue weighted by Gasteiger charge is 2.39.